The average molecular weight is 490 g/mol. The van der Waals surface area contributed by atoms with Crippen molar-refractivity contribution in [1.82, 2.24) is 4.57 Å². The van der Waals surface area contributed by atoms with Crippen LogP contribution in [0.15, 0.2) is 12.4 Å². The summed E-state index contributed by atoms with van der Waals surface area (Å²) < 4.78 is 5.10. The summed E-state index contributed by atoms with van der Waals surface area (Å²) in [6, 6.07) is 0. The summed E-state index contributed by atoms with van der Waals surface area (Å²) in [5.41, 5.74) is 0. The molecule has 0 amide bonds. The molecule has 1 heterocycles. The second kappa shape index (κ2) is 23.6. The summed E-state index contributed by atoms with van der Waals surface area (Å²) in [4.78, 5) is 0. The first-order valence-corrected chi connectivity index (χ1v) is 16.3. The van der Waals surface area contributed by atoms with Crippen LogP contribution in [0.1, 0.15) is 187 Å². The molecule has 35 heavy (non-hydrogen) atoms. The Labute approximate surface area is 221 Å². The minimum Gasteiger partial charge on any atom is -0.234 e. The predicted octanol–water partition coefficient (Wildman–Crippen LogP) is 10.9. The Morgan fingerprint density at radius 3 is 1.31 bits per heavy atom. The number of aryl methyl sites for hydroxylation is 2. The van der Waals surface area contributed by atoms with Gasteiger partial charge in [0.2, 0.25) is 0 Å². The number of rotatable bonds is 26. The SMILES string of the molecule is CCCCCCCCCCCCCCCCCC[n+]1ccn(CCCCCCCCC)c1C(C)C. The highest BCUT2D eigenvalue weighted by atomic mass is 15.1. The lowest BCUT2D eigenvalue weighted by atomic mass is 10.0. The minimum absolute atomic E-state index is 0.607. The topological polar surface area (TPSA) is 8.81 Å². The van der Waals surface area contributed by atoms with Gasteiger partial charge < -0.3 is 0 Å². The largest absolute Gasteiger partial charge is 0.258 e. The van der Waals surface area contributed by atoms with Crippen molar-refractivity contribution >= 4 is 0 Å². The van der Waals surface area contributed by atoms with Gasteiger partial charge in [-0.05, 0) is 25.7 Å². The second-order valence-corrected chi connectivity index (χ2v) is 11.6. The Hall–Kier alpha value is -0.790. The molecular weight excluding hydrogens is 424 g/mol. The van der Waals surface area contributed by atoms with E-state index in [1.54, 1.807) is 0 Å². The van der Waals surface area contributed by atoms with Crippen LogP contribution in [0.5, 0.6) is 0 Å². The first-order chi connectivity index (χ1) is 17.2. The lowest BCUT2D eigenvalue weighted by Crippen LogP contribution is -2.38. The van der Waals surface area contributed by atoms with Gasteiger partial charge in [0, 0.05) is 0 Å². The van der Waals surface area contributed by atoms with Crippen LogP contribution in [0.2, 0.25) is 0 Å². The Morgan fingerprint density at radius 1 is 0.543 bits per heavy atom. The smallest absolute Gasteiger partial charge is 0.234 e. The van der Waals surface area contributed by atoms with Gasteiger partial charge >= 0.3 is 0 Å². The maximum Gasteiger partial charge on any atom is 0.258 e. The molecule has 0 aliphatic carbocycles. The molecular formula is C33H65N2+. The highest BCUT2D eigenvalue weighted by Crippen LogP contribution is 2.16. The molecule has 2 nitrogen and oxygen atoms in total. The molecule has 0 fully saturated rings. The molecule has 0 bridgehead atoms. The van der Waals surface area contributed by atoms with Gasteiger partial charge in [-0.15, -0.1) is 0 Å². The van der Waals surface area contributed by atoms with E-state index in [4.69, 9.17) is 0 Å². The molecule has 1 rings (SSSR count). The summed E-state index contributed by atoms with van der Waals surface area (Å²) in [6.07, 6.45) is 37.5. The number of unbranched alkanes of at least 4 members (excludes halogenated alkanes) is 21. The number of imidazole rings is 1. The molecule has 206 valence electrons. The average Bonchev–Trinajstić information content (AvgIpc) is 3.26. The van der Waals surface area contributed by atoms with Crippen molar-refractivity contribution in [2.24, 2.45) is 0 Å². The van der Waals surface area contributed by atoms with E-state index in [1.807, 2.05) is 0 Å². The maximum atomic E-state index is 2.55. The summed E-state index contributed by atoms with van der Waals surface area (Å²) in [5.74, 6) is 2.15. The van der Waals surface area contributed by atoms with Crippen molar-refractivity contribution in [3.63, 3.8) is 0 Å². The van der Waals surface area contributed by atoms with E-state index in [1.165, 1.54) is 167 Å². The monoisotopic (exact) mass is 490 g/mol. The Balaban J connectivity index is 2.03. The van der Waals surface area contributed by atoms with Crippen molar-refractivity contribution in [3.8, 4) is 0 Å². The van der Waals surface area contributed by atoms with Gasteiger partial charge in [0.1, 0.15) is 12.4 Å². The number of hydrogen-bond donors (Lipinski definition) is 0. The first-order valence-electron chi connectivity index (χ1n) is 16.3. The van der Waals surface area contributed by atoms with Gasteiger partial charge in [0.15, 0.2) is 0 Å². The zero-order chi connectivity index (χ0) is 25.4. The Morgan fingerprint density at radius 2 is 0.914 bits per heavy atom. The van der Waals surface area contributed by atoms with E-state index in [2.05, 4.69) is 49.2 Å². The summed E-state index contributed by atoms with van der Waals surface area (Å²) in [5, 5.41) is 0. The fraction of sp³-hybridized carbons (Fsp3) is 0.909. The van der Waals surface area contributed by atoms with Crippen LogP contribution in [-0.2, 0) is 13.1 Å². The predicted molar refractivity (Wildman–Crippen MR) is 156 cm³/mol. The highest BCUT2D eigenvalue weighted by molar-refractivity contribution is 4.89. The normalized spacial score (nSPS) is 11.7. The van der Waals surface area contributed by atoms with Crippen molar-refractivity contribution in [2.75, 3.05) is 0 Å². The fourth-order valence-electron chi connectivity index (χ4n) is 5.59. The van der Waals surface area contributed by atoms with Crippen molar-refractivity contribution in [1.29, 1.82) is 0 Å². The molecule has 0 radical (unpaired) electrons. The van der Waals surface area contributed by atoms with E-state index in [0.29, 0.717) is 5.92 Å². The molecule has 0 saturated heterocycles. The molecule has 0 aliphatic heterocycles. The zero-order valence-electron chi connectivity index (χ0n) is 24.8. The van der Waals surface area contributed by atoms with Gasteiger partial charge in [-0.1, -0.05) is 150 Å². The lowest BCUT2D eigenvalue weighted by Gasteiger charge is -2.08. The molecule has 2 heteroatoms. The molecule has 1 aromatic rings. The Kier molecular flexibility index (Phi) is 21.7. The molecule has 0 unspecified atom stereocenters. The minimum atomic E-state index is 0.607. The van der Waals surface area contributed by atoms with Crippen LogP contribution < -0.4 is 4.57 Å². The first kappa shape index (κ1) is 32.2. The summed E-state index contributed by atoms with van der Waals surface area (Å²) >= 11 is 0. The highest BCUT2D eigenvalue weighted by Gasteiger charge is 2.19. The molecule has 0 spiro atoms. The third-order valence-corrected chi connectivity index (χ3v) is 7.79. The number of hydrogen-bond acceptors (Lipinski definition) is 0. The van der Waals surface area contributed by atoms with Crippen LogP contribution >= 0.6 is 0 Å². The second-order valence-electron chi connectivity index (χ2n) is 11.6. The molecule has 0 aliphatic rings. The quantitative estimate of drug-likeness (QED) is 0.0903. The molecule has 0 saturated carbocycles. The molecule has 0 N–H and O–H groups in total. The van der Waals surface area contributed by atoms with Gasteiger partial charge in [0.25, 0.3) is 5.82 Å². The van der Waals surface area contributed by atoms with Gasteiger partial charge in [0.05, 0.1) is 19.0 Å². The van der Waals surface area contributed by atoms with E-state index < -0.39 is 0 Å². The molecule has 0 atom stereocenters. The van der Waals surface area contributed by atoms with Crippen molar-refractivity contribution in [3.05, 3.63) is 18.2 Å². The summed E-state index contributed by atoms with van der Waals surface area (Å²) in [7, 11) is 0. The van der Waals surface area contributed by atoms with Crippen LogP contribution in [0.4, 0.5) is 0 Å². The van der Waals surface area contributed by atoms with Crippen molar-refractivity contribution in [2.45, 2.75) is 194 Å². The standard InChI is InChI=1S/C33H65N2/c1-5-7-9-11-13-14-15-16-17-18-19-20-21-23-25-27-29-35-31-30-34(33(35)32(3)4)28-26-24-22-12-10-8-6-2/h30-32H,5-29H2,1-4H3/q+1. The van der Waals surface area contributed by atoms with Gasteiger partial charge in [-0.3, -0.25) is 0 Å². The number of aromatic nitrogens is 2. The van der Waals surface area contributed by atoms with E-state index in [0.717, 1.165) is 0 Å². The summed E-state index contributed by atoms with van der Waals surface area (Å²) in [6.45, 7) is 11.7. The third kappa shape index (κ3) is 17.3. The third-order valence-electron chi connectivity index (χ3n) is 7.79. The van der Waals surface area contributed by atoms with Gasteiger partial charge in [-0.2, -0.15) is 0 Å². The van der Waals surface area contributed by atoms with Crippen LogP contribution in [0, 0.1) is 0 Å². The van der Waals surface area contributed by atoms with Crippen LogP contribution in [0.25, 0.3) is 0 Å². The van der Waals surface area contributed by atoms with Crippen LogP contribution in [0.3, 0.4) is 0 Å². The van der Waals surface area contributed by atoms with Gasteiger partial charge in [-0.25, -0.2) is 9.13 Å². The van der Waals surface area contributed by atoms with E-state index >= 15 is 0 Å². The van der Waals surface area contributed by atoms with E-state index in [-0.39, 0.29) is 0 Å². The van der Waals surface area contributed by atoms with Crippen molar-refractivity contribution < 1.29 is 4.57 Å². The zero-order valence-corrected chi connectivity index (χ0v) is 24.8. The van der Waals surface area contributed by atoms with Crippen LogP contribution in [-0.4, -0.2) is 4.57 Å². The fourth-order valence-corrected chi connectivity index (χ4v) is 5.59. The molecule has 1 aromatic heterocycles. The van der Waals surface area contributed by atoms with E-state index in [9.17, 15) is 0 Å². The molecule has 0 aromatic carbocycles. The Bertz CT molecular complexity index is 559. The number of nitrogens with zero attached hydrogens (tertiary/aromatic N) is 2. The lowest BCUT2D eigenvalue weighted by molar-refractivity contribution is -0.705. The maximum absolute atomic E-state index is 2.55.